The van der Waals surface area contributed by atoms with Gasteiger partial charge in [-0.1, -0.05) is 0 Å². The number of thiocarbonyl (C=S) groups is 1. The summed E-state index contributed by atoms with van der Waals surface area (Å²) >= 11 is 5.03. The molecule has 0 amide bonds. The molecule has 1 aromatic rings. The van der Waals surface area contributed by atoms with E-state index in [2.05, 4.69) is 15.8 Å². The summed E-state index contributed by atoms with van der Waals surface area (Å²) in [5, 5.41) is 17.8. The Hall–Kier alpha value is -2.06. The highest BCUT2D eigenvalue weighted by Gasteiger charge is 2.03. The zero-order valence-corrected chi connectivity index (χ0v) is 12.0. The molecule has 0 aliphatic carbocycles. The first-order valence-electron chi connectivity index (χ1n) is 5.86. The van der Waals surface area contributed by atoms with Crippen molar-refractivity contribution in [2.75, 3.05) is 13.7 Å². The first kappa shape index (κ1) is 16.0. The largest absolute Gasteiger partial charge is 0.383 e. The van der Waals surface area contributed by atoms with E-state index in [0.717, 1.165) is 5.56 Å². The van der Waals surface area contributed by atoms with Crippen LogP contribution in [0.4, 0.5) is 5.69 Å². The van der Waals surface area contributed by atoms with Crippen molar-refractivity contribution in [2.45, 2.75) is 13.0 Å². The molecule has 108 valence electrons. The van der Waals surface area contributed by atoms with Gasteiger partial charge >= 0.3 is 0 Å². The van der Waals surface area contributed by atoms with Crippen molar-refractivity contribution in [1.29, 1.82) is 0 Å². The Labute approximate surface area is 122 Å². The van der Waals surface area contributed by atoms with Crippen LogP contribution in [0.25, 0.3) is 0 Å². The van der Waals surface area contributed by atoms with Crippen molar-refractivity contribution in [3.63, 3.8) is 0 Å². The molecule has 0 fully saturated rings. The molecule has 0 unspecified atom stereocenters. The van der Waals surface area contributed by atoms with Crippen LogP contribution in [-0.4, -0.2) is 36.0 Å². The minimum atomic E-state index is -0.449. The molecule has 0 bridgehead atoms. The predicted octanol–water partition coefficient (Wildman–Crippen LogP) is 1.43. The van der Waals surface area contributed by atoms with Gasteiger partial charge in [-0.3, -0.25) is 15.5 Å². The van der Waals surface area contributed by atoms with Crippen molar-refractivity contribution in [2.24, 2.45) is 5.10 Å². The maximum Gasteiger partial charge on any atom is 0.269 e. The zero-order valence-electron chi connectivity index (χ0n) is 11.2. The first-order valence-corrected chi connectivity index (χ1v) is 6.26. The summed E-state index contributed by atoms with van der Waals surface area (Å²) in [7, 11) is 1.61. The van der Waals surface area contributed by atoms with Crippen LogP contribution in [0.3, 0.4) is 0 Å². The van der Waals surface area contributed by atoms with Crippen molar-refractivity contribution >= 4 is 29.2 Å². The Bertz CT molecular complexity index is 490. The van der Waals surface area contributed by atoms with Gasteiger partial charge in [0.25, 0.3) is 5.69 Å². The summed E-state index contributed by atoms with van der Waals surface area (Å²) in [5.74, 6) is 0. The van der Waals surface area contributed by atoms with E-state index in [-0.39, 0.29) is 11.7 Å². The number of nitrogens with one attached hydrogen (secondary N) is 2. The van der Waals surface area contributed by atoms with E-state index >= 15 is 0 Å². The Morgan fingerprint density at radius 2 is 2.20 bits per heavy atom. The van der Waals surface area contributed by atoms with Gasteiger partial charge in [0.05, 0.1) is 17.7 Å². The average Bonchev–Trinajstić information content (AvgIpc) is 2.39. The van der Waals surface area contributed by atoms with Gasteiger partial charge in [-0.2, -0.15) is 5.10 Å². The molecule has 0 aliphatic rings. The molecule has 1 atom stereocenters. The van der Waals surface area contributed by atoms with Crippen LogP contribution < -0.4 is 10.7 Å². The lowest BCUT2D eigenvalue weighted by Crippen LogP contribution is -2.40. The van der Waals surface area contributed by atoms with Crippen molar-refractivity contribution < 1.29 is 9.66 Å². The normalized spacial score (nSPS) is 12.1. The molecule has 0 heterocycles. The van der Waals surface area contributed by atoms with E-state index in [0.29, 0.717) is 11.7 Å². The molecule has 0 spiro atoms. The molecule has 1 aromatic carbocycles. The molecule has 0 aromatic heterocycles. The third kappa shape index (κ3) is 5.72. The number of nitro groups is 1. The van der Waals surface area contributed by atoms with E-state index in [4.69, 9.17) is 17.0 Å². The lowest BCUT2D eigenvalue weighted by Gasteiger charge is -2.13. The second-order valence-corrected chi connectivity index (χ2v) is 4.46. The molecule has 0 radical (unpaired) electrons. The zero-order chi connectivity index (χ0) is 15.0. The summed E-state index contributed by atoms with van der Waals surface area (Å²) < 4.78 is 4.97. The fraction of sp³-hybridized carbons (Fsp3) is 0.333. The number of benzene rings is 1. The van der Waals surface area contributed by atoms with E-state index < -0.39 is 4.92 Å². The standard InChI is InChI=1S/C12H16N4O3S/c1-9(8-19-2)14-12(20)15-13-7-10-3-5-11(6-4-10)16(17)18/h3-7,9H,8H2,1-2H3,(H2,14,15,20)/b13-7-/t9-/m1/s1. The lowest BCUT2D eigenvalue weighted by molar-refractivity contribution is -0.384. The molecular weight excluding hydrogens is 280 g/mol. The number of nitro benzene ring substituents is 1. The van der Waals surface area contributed by atoms with Crippen molar-refractivity contribution in [3.8, 4) is 0 Å². The van der Waals surface area contributed by atoms with Crippen LogP contribution in [0.15, 0.2) is 29.4 Å². The third-order valence-electron chi connectivity index (χ3n) is 2.28. The third-order valence-corrected chi connectivity index (χ3v) is 2.49. The smallest absolute Gasteiger partial charge is 0.269 e. The van der Waals surface area contributed by atoms with Crippen molar-refractivity contribution in [3.05, 3.63) is 39.9 Å². The summed E-state index contributed by atoms with van der Waals surface area (Å²) in [6.45, 7) is 2.46. The summed E-state index contributed by atoms with van der Waals surface area (Å²) in [4.78, 5) is 10.0. The highest BCUT2D eigenvalue weighted by atomic mass is 32.1. The minimum Gasteiger partial charge on any atom is -0.383 e. The topological polar surface area (TPSA) is 88.8 Å². The van der Waals surface area contributed by atoms with Gasteiger partial charge in [-0.25, -0.2) is 0 Å². The summed E-state index contributed by atoms with van der Waals surface area (Å²) in [5.41, 5.74) is 3.43. The van der Waals surface area contributed by atoms with Gasteiger partial charge in [0.1, 0.15) is 0 Å². The van der Waals surface area contributed by atoms with Gasteiger partial charge in [0.2, 0.25) is 0 Å². The van der Waals surface area contributed by atoms with E-state index in [1.807, 2.05) is 6.92 Å². The number of hydrazone groups is 1. The molecule has 0 saturated carbocycles. The Kier molecular flexibility index (Phi) is 6.54. The molecule has 0 saturated heterocycles. The maximum atomic E-state index is 10.5. The van der Waals surface area contributed by atoms with Crippen LogP contribution >= 0.6 is 12.2 Å². The second-order valence-electron chi connectivity index (χ2n) is 4.05. The van der Waals surface area contributed by atoms with Crippen LogP contribution in [0, 0.1) is 10.1 Å². The summed E-state index contributed by atoms with van der Waals surface area (Å²) in [6, 6.07) is 6.12. The molecule has 1 rings (SSSR count). The predicted molar refractivity (Wildman–Crippen MR) is 80.9 cm³/mol. The van der Waals surface area contributed by atoms with Crippen LogP contribution in [0.2, 0.25) is 0 Å². The first-order chi connectivity index (χ1) is 9.52. The highest BCUT2D eigenvalue weighted by Crippen LogP contribution is 2.10. The fourth-order valence-electron chi connectivity index (χ4n) is 1.40. The number of hydrogen-bond donors (Lipinski definition) is 2. The van der Waals surface area contributed by atoms with Crippen molar-refractivity contribution in [1.82, 2.24) is 10.7 Å². The number of hydrogen-bond acceptors (Lipinski definition) is 5. The number of ether oxygens (including phenoxy) is 1. The fourth-order valence-corrected chi connectivity index (χ4v) is 1.65. The van der Waals surface area contributed by atoms with E-state index in [9.17, 15) is 10.1 Å². The van der Waals surface area contributed by atoms with Gasteiger partial charge in [0.15, 0.2) is 5.11 Å². The SMILES string of the molecule is COC[C@@H](C)NC(=S)N/N=C\c1ccc([N+](=O)[O-])cc1. The minimum absolute atomic E-state index is 0.0423. The van der Waals surface area contributed by atoms with Crippen LogP contribution in [0.5, 0.6) is 0 Å². The monoisotopic (exact) mass is 296 g/mol. The quantitative estimate of drug-likeness (QED) is 0.357. The Morgan fingerprint density at radius 1 is 1.55 bits per heavy atom. The molecule has 20 heavy (non-hydrogen) atoms. The van der Waals surface area contributed by atoms with E-state index in [1.54, 1.807) is 19.2 Å². The lowest BCUT2D eigenvalue weighted by atomic mass is 10.2. The Balaban J connectivity index is 2.44. The average molecular weight is 296 g/mol. The molecular formula is C12H16N4O3S. The number of methoxy groups -OCH3 is 1. The number of nitrogens with zero attached hydrogens (tertiary/aromatic N) is 2. The van der Waals surface area contributed by atoms with Crippen LogP contribution in [0.1, 0.15) is 12.5 Å². The Morgan fingerprint density at radius 3 is 2.75 bits per heavy atom. The number of rotatable bonds is 6. The van der Waals surface area contributed by atoms with Gasteiger partial charge in [0, 0.05) is 25.3 Å². The molecule has 2 N–H and O–H groups in total. The van der Waals surface area contributed by atoms with E-state index in [1.165, 1.54) is 18.3 Å². The van der Waals surface area contributed by atoms with Gasteiger partial charge in [-0.05, 0) is 36.8 Å². The van der Waals surface area contributed by atoms with Gasteiger partial charge < -0.3 is 10.1 Å². The molecule has 8 heteroatoms. The summed E-state index contributed by atoms with van der Waals surface area (Å²) in [6.07, 6.45) is 1.53. The highest BCUT2D eigenvalue weighted by molar-refractivity contribution is 7.80. The van der Waals surface area contributed by atoms with Crippen LogP contribution in [-0.2, 0) is 4.74 Å². The maximum absolute atomic E-state index is 10.5. The van der Waals surface area contributed by atoms with Gasteiger partial charge in [-0.15, -0.1) is 0 Å². The molecule has 0 aliphatic heterocycles. The second kappa shape index (κ2) is 8.18. The number of non-ortho nitro benzene ring substituents is 1. The molecule has 7 nitrogen and oxygen atoms in total.